The Hall–Kier alpha value is -2.30. The summed E-state index contributed by atoms with van der Waals surface area (Å²) in [5, 5.41) is 10.4. The summed E-state index contributed by atoms with van der Waals surface area (Å²) in [7, 11) is 3.92. The molecule has 0 radical (unpaired) electrons. The zero-order valence-electron chi connectivity index (χ0n) is 15.7. The van der Waals surface area contributed by atoms with Crippen LogP contribution in [0.3, 0.4) is 0 Å². The number of carbonyl (C=O) groups is 2. The lowest BCUT2D eigenvalue weighted by Crippen LogP contribution is -2.32. The molecule has 1 atom stereocenters. The van der Waals surface area contributed by atoms with Crippen molar-refractivity contribution in [1.29, 1.82) is 0 Å². The van der Waals surface area contributed by atoms with Crippen LogP contribution >= 0.6 is 0 Å². The second-order valence-electron chi connectivity index (χ2n) is 7.17. The highest BCUT2D eigenvalue weighted by Gasteiger charge is 2.42. The molecule has 0 spiro atoms. The maximum absolute atomic E-state index is 12.7. The number of hydrogen-bond acceptors (Lipinski definition) is 4. The molecule has 1 aliphatic rings. The predicted octanol–water partition coefficient (Wildman–Crippen LogP) is 3.47. The number of ketones is 1. The van der Waals surface area contributed by atoms with Crippen LogP contribution in [0.15, 0.2) is 35.6 Å². The van der Waals surface area contributed by atoms with E-state index < -0.39 is 11.9 Å². The fraction of sp³-hybridized carbons (Fsp3) is 0.500. The Morgan fingerprint density at radius 2 is 1.84 bits per heavy atom. The first-order valence-corrected chi connectivity index (χ1v) is 8.82. The topological polar surface area (TPSA) is 60.9 Å². The van der Waals surface area contributed by atoms with Crippen LogP contribution in [-0.2, 0) is 9.59 Å². The third kappa shape index (κ3) is 3.86. The SMILES string of the molecule is CCCN1C(=O)C(O)=C(C(=O)CC(C)C)C1c1ccc(N(C)C)cc1. The number of nitrogens with zero attached hydrogens (tertiary/aromatic N) is 2. The van der Waals surface area contributed by atoms with Crippen molar-refractivity contribution in [3.05, 3.63) is 41.2 Å². The van der Waals surface area contributed by atoms with Crippen molar-refractivity contribution in [1.82, 2.24) is 4.90 Å². The van der Waals surface area contributed by atoms with Gasteiger partial charge in [0.1, 0.15) is 0 Å². The minimum atomic E-state index is -0.505. The maximum atomic E-state index is 12.7. The van der Waals surface area contributed by atoms with E-state index in [4.69, 9.17) is 0 Å². The Balaban J connectivity index is 2.46. The minimum absolute atomic E-state index is 0.152. The van der Waals surface area contributed by atoms with Gasteiger partial charge in [-0.15, -0.1) is 0 Å². The van der Waals surface area contributed by atoms with Crippen LogP contribution in [0.5, 0.6) is 0 Å². The number of amides is 1. The van der Waals surface area contributed by atoms with E-state index in [1.165, 1.54) is 0 Å². The molecule has 25 heavy (non-hydrogen) atoms. The van der Waals surface area contributed by atoms with Gasteiger partial charge in [-0.25, -0.2) is 0 Å². The third-order valence-corrected chi connectivity index (χ3v) is 4.39. The second-order valence-corrected chi connectivity index (χ2v) is 7.17. The molecule has 0 saturated carbocycles. The van der Waals surface area contributed by atoms with E-state index in [1.54, 1.807) is 4.90 Å². The number of hydrogen-bond donors (Lipinski definition) is 1. The standard InChI is InChI=1S/C20H28N2O3/c1-6-11-22-18(14-7-9-15(10-8-14)21(4)5)17(19(24)20(22)25)16(23)12-13(2)3/h7-10,13,18,24H,6,11-12H2,1-5H3. The maximum Gasteiger partial charge on any atom is 0.290 e. The van der Waals surface area contributed by atoms with Crippen LogP contribution in [0, 0.1) is 5.92 Å². The summed E-state index contributed by atoms with van der Waals surface area (Å²) < 4.78 is 0. The molecule has 0 aliphatic carbocycles. The lowest BCUT2D eigenvalue weighted by molar-refractivity contribution is -0.129. The molecule has 1 N–H and O–H groups in total. The normalized spacial score (nSPS) is 17.6. The van der Waals surface area contributed by atoms with Crippen LogP contribution < -0.4 is 4.90 Å². The Morgan fingerprint density at radius 1 is 1.24 bits per heavy atom. The number of rotatable bonds is 7. The van der Waals surface area contributed by atoms with E-state index in [1.807, 2.05) is 64.0 Å². The van der Waals surface area contributed by atoms with Gasteiger partial charge in [0.15, 0.2) is 11.5 Å². The van der Waals surface area contributed by atoms with Crippen molar-refractivity contribution in [2.24, 2.45) is 5.92 Å². The highest BCUT2D eigenvalue weighted by atomic mass is 16.3. The van der Waals surface area contributed by atoms with Crippen LogP contribution in [0.4, 0.5) is 5.69 Å². The molecule has 1 aromatic carbocycles. The quantitative estimate of drug-likeness (QED) is 0.823. The van der Waals surface area contributed by atoms with Gasteiger partial charge in [-0.3, -0.25) is 9.59 Å². The summed E-state index contributed by atoms with van der Waals surface area (Å²) in [6, 6.07) is 7.28. The first-order chi connectivity index (χ1) is 11.8. The molecule has 0 aromatic heterocycles. The number of benzene rings is 1. The summed E-state index contributed by atoms with van der Waals surface area (Å²) >= 11 is 0. The van der Waals surface area contributed by atoms with Crippen molar-refractivity contribution < 1.29 is 14.7 Å². The molecule has 1 heterocycles. The van der Waals surface area contributed by atoms with Crippen LogP contribution in [0.1, 0.15) is 45.2 Å². The number of Topliss-reactive ketones (excluding diaryl/α,β-unsaturated/α-hetero) is 1. The predicted molar refractivity (Wildman–Crippen MR) is 99.6 cm³/mol. The van der Waals surface area contributed by atoms with Crippen molar-refractivity contribution in [2.45, 2.75) is 39.7 Å². The van der Waals surface area contributed by atoms with Crippen molar-refractivity contribution in [3.63, 3.8) is 0 Å². The molecule has 5 heteroatoms. The molecule has 5 nitrogen and oxygen atoms in total. The molecule has 0 fully saturated rings. The van der Waals surface area contributed by atoms with Gasteiger partial charge in [-0.2, -0.15) is 0 Å². The van der Waals surface area contributed by atoms with Gasteiger partial charge in [-0.1, -0.05) is 32.9 Å². The van der Waals surface area contributed by atoms with Gasteiger partial charge < -0.3 is 14.9 Å². The first-order valence-electron chi connectivity index (χ1n) is 8.82. The zero-order valence-corrected chi connectivity index (χ0v) is 15.7. The molecule has 0 bridgehead atoms. The zero-order chi connectivity index (χ0) is 18.7. The summed E-state index contributed by atoms with van der Waals surface area (Å²) in [5.41, 5.74) is 2.13. The molecule has 1 aromatic rings. The molecule has 1 amide bonds. The third-order valence-electron chi connectivity index (χ3n) is 4.39. The van der Waals surface area contributed by atoms with Crippen LogP contribution in [0.25, 0.3) is 0 Å². The first kappa shape index (κ1) is 19.0. The summed E-state index contributed by atoms with van der Waals surface area (Å²) in [4.78, 5) is 28.8. The van der Waals surface area contributed by atoms with E-state index in [0.29, 0.717) is 13.0 Å². The lowest BCUT2D eigenvalue weighted by Gasteiger charge is -2.27. The Labute approximate surface area is 149 Å². The fourth-order valence-corrected chi connectivity index (χ4v) is 3.19. The monoisotopic (exact) mass is 344 g/mol. The highest BCUT2D eigenvalue weighted by Crippen LogP contribution is 2.39. The number of aliphatic hydroxyl groups is 1. The number of aliphatic hydroxyl groups excluding tert-OH is 1. The fourth-order valence-electron chi connectivity index (χ4n) is 3.19. The molecule has 0 saturated heterocycles. The van der Waals surface area contributed by atoms with Gasteiger partial charge >= 0.3 is 0 Å². The van der Waals surface area contributed by atoms with Crippen LogP contribution in [-0.4, -0.2) is 42.3 Å². The lowest BCUT2D eigenvalue weighted by atomic mass is 9.92. The minimum Gasteiger partial charge on any atom is -0.503 e. The summed E-state index contributed by atoms with van der Waals surface area (Å²) in [5.74, 6) is -0.822. The Morgan fingerprint density at radius 3 is 2.32 bits per heavy atom. The van der Waals surface area contributed by atoms with E-state index in [-0.39, 0.29) is 23.0 Å². The van der Waals surface area contributed by atoms with Gasteiger partial charge in [0.25, 0.3) is 5.91 Å². The molecular weight excluding hydrogens is 316 g/mol. The van der Waals surface area contributed by atoms with Crippen molar-refractivity contribution >= 4 is 17.4 Å². The van der Waals surface area contributed by atoms with Gasteiger partial charge in [-0.05, 0) is 30.0 Å². The Bertz CT molecular complexity index is 675. The van der Waals surface area contributed by atoms with Crippen LogP contribution in [0.2, 0.25) is 0 Å². The average Bonchev–Trinajstić information content (AvgIpc) is 2.79. The van der Waals surface area contributed by atoms with Gasteiger partial charge in [0.2, 0.25) is 0 Å². The second kappa shape index (κ2) is 7.72. The number of carbonyl (C=O) groups excluding carboxylic acids is 2. The molecule has 136 valence electrons. The average molecular weight is 344 g/mol. The van der Waals surface area contributed by atoms with E-state index in [2.05, 4.69) is 0 Å². The largest absolute Gasteiger partial charge is 0.503 e. The molecule has 1 unspecified atom stereocenters. The van der Waals surface area contributed by atoms with Crippen molar-refractivity contribution in [3.8, 4) is 0 Å². The van der Waals surface area contributed by atoms with E-state index in [0.717, 1.165) is 17.7 Å². The van der Waals surface area contributed by atoms with E-state index in [9.17, 15) is 14.7 Å². The summed E-state index contributed by atoms with van der Waals surface area (Å²) in [6.07, 6.45) is 1.08. The van der Waals surface area contributed by atoms with Crippen molar-refractivity contribution in [2.75, 3.05) is 25.5 Å². The van der Waals surface area contributed by atoms with Gasteiger partial charge in [0, 0.05) is 32.7 Å². The van der Waals surface area contributed by atoms with E-state index >= 15 is 0 Å². The highest BCUT2D eigenvalue weighted by molar-refractivity contribution is 6.09. The Kier molecular flexibility index (Phi) is 5.88. The molecular formula is C20H28N2O3. The summed E-state index contributed by atoms with van der Waals surface area (Å²) in [6.45, 7) is 6.39. The van der Waals surface area contributed by atoms with Gasteiger partial charge in [0.05, 0.1) is 11.6 Å². The smallest absolute Gasteiger partial charge is 0.290 e. The number of anilines is 1. The molecule has 2 rings (SSSR count). The molecule has 1 aliphatic heterocycles.